The number of hydrogen-bond acceptors (Lipinski definition) is 4. The van der Waals surface area contributed by atoms with E-state index in [0.29, 0.717) is 10.8 Å². The maximum atomic E-state index is 12.0. The number of para-hydroxylation sites is 1. The highest BCUT2D eigenvalue weighted by molar-refractivity contribution is 6.30. The molecular weight excluding hydrogens is 326 g/mol. The fourth-order valence-electron chi connectivity index (χ4n) is 2.24. The monoisotopic (exact) mass is 347 g/mol. The number of pyridine rings is 1. The average Bonchev–Trinajstić information content (AvgIpc) is 2.43. The Morgan fingerprint density at radius 3 is 2.58 bits per heavy atom. The van der Waals surface area contributed by atoms with Gasteiger partial charge in [0.25, 0.3) is 0 Å². The van der Waals surface area contributed by atoms with Crippen LogP contribution in [0.5, 0.6) is 5.75 Å². The molecule has 24 heavy (non-hydrogen) atoms. The van der Waals surface area contributed by atoms with Gasteiger partial charge in [-0.2, -0.15) is 0 Å². The highest BCUT2D eigenvalue weighted by Gasteiger charge is 2.18. The summed E-state index contributed by atoms with van der Waals surface area (Å²) in [6, 6.07) is 11.0. The van der Waals surface area contributed by atoms with Crippen molar-refractivity contribution in [3.8, 4) is 5.75 Å². The van der Waals surface area contributed by atoms with Gasteiger partial charge < -0.3 is 9.47 Å². The van der Waals surface area contributed by atoms with Crippen molar-refractivity contribution in [3.05, 3.63) is 58.4 Å². The van der Waals surface area contributed by atoms with E-state index >= 15 is 0 Å². The first-order valence-corrected chi connectivity index (χ1v) is 8.16. The topological polar surface area (TPSA) is 48.4 Å². The largest absolute Gasteiger partial charge is 0.487 e. The molecule has 0 fully saturated rings. The molecular formula is C19H22ClNO3. The number of ether oxygens (including phenoxy) is 2. The number of halogens is 1. The molecule has 0 aliphatic heterocycles. The molecule has 128 valence electrons. The molecule has 0 aliphatic rings. The van der Waals surface area contributed by atoms with Crippen molar-refractivity contribution in [3.63, 3.8) is 0 Å². The summed E-state index contributed by atoms with van der Waals surface area (Å²) in [6.45, 7) is 7.71. The first-order chi connectivity index (χ1) is 11.2. The number of carbonyl (C=O) groups excluding carboxylic acids is 1. The Morgan fingerprint density at radius 2 is 1.92 bits per heavy atom. The number of aromatic nitrogens is 1. The van der Waals surface area contributed by atoms with Crippen molar-refractivity contribution in [1.29, 1.82) is 0 Å². The van der Waals surface area contributed by atoms with Gasteiger partial charge in [0.2, 0.25) is 0 Å². The van der Waals surface area contributed by atoms with Crippen molar-refractivity contribution in [1.82, 2.24) is 4.98 Å². The summed E-state index contributed by atoms with van der Waals surface area (Å²) in [5, 5.41) is 0.628. The minimum atomic E-state index is -0.505. The van der Waals surface area contributed by atoms with Crippen LogP contribution in [0.25, 0.3) is 0 Å². The van der Waals surface area contributed by atoms with E-state index in [1.54, 1.807) is 12.1 Å². The lowest BCUT2D eigenvalue weighted by atomic mass is 10.1. The highest BCUT2D eigenvalue weighted by atomic mass is 35.5. The molecule has 5 heteroatoms. The molecule has 0 aliphatic carbocycles. The van der Waals surface area contributed by atoms with E-state index in [1.807, 2.05) is 52.0 Å². The lowest BCUT2D eigenvalue weighted by Crippen LogP contribution is -2.25. The van der Waals surface area contributed by atoms with Crippen LogP contribution >= 0.6 is 11.6 Å². The Labute approximate surface area is 147 Å². The third-order valence-corrected chi connectivity index (χ3v) is 3.29. The number of nitrogens with zero attached hydrogens (tertiary/aromatic N) is 1. The Balaban J connectivity index is 2.07. The quantitative estimate of drug-likeness (QED) is 0.747. The van der Waals surface area contributed by atoms with Gasteiger partial charge in [0, 0.05) is 16.3 Å². The predicted molar refractivity (Wildman–Crippen MR) is 94.3 cm³/mol. The normalized spacial score (nSPS) is 11.2. The minimum absolute atomic E-state index is 0.162. The van der Waals surface area contributed by atoms with E-state index in [0.717, 1.165) is 17.0 Å². The molecule has 0 atom stereocenters. The van der Waals surface area contributed by atoms with Crippen molar-refractivity contribution >= 4 is 17.6 Å². The van der Waals surface area contributed by atoms with E-state index in [4.69, 9.17) is 21.1 Å². The molecule has 4 nitrogen and oxygen atoms in total. The molecule has 0 radical (unpaired) electrons. The van der Waals surface area contributed by atoms with E-state index in [-0.39, 0.29) is 19.0 Å². The van der Waals surface area contributed by atoms with Gasteiger partial charge in [-0.25, -0.2) is 0 Å². The van der Waals surface area contributed by atoms with E-state index < -0.39 is 5.60 Å². The fraction of sp³-hybridized carbons (Fsp3) is 0.368. The number of hydrogen-bond donors (Lipinski definition) is 0. The average molecular weight is 348 g/mol. The second-order valence-electron chi connectivity index (χ2n) is 6.58. The third kappa shape index (κ3) is 5.85. The standard InChI is InChI=1S/C19H22ClNO3/c1-13-9-15(20)11-16(21-13)12-23-17-8-6-5-7-14(17)10-18(22)24-19(2,3)4/h5-9,11H,10,12H2,1-4H3. The zero-order valence-corrected chi connectivity index (χ0v) is 15.2. The van der Waals surface area contributed by atoms with Crippen LogP contribution in [-0.2, 0) is 22.6 Å². The summed E-state index contributed by atoms with van der Waals surface area (Å²) >= 11 is 6.04. The van der Waals surface area contributed by atoms with Gasteiger partial charge in [0.15, 0.2) is 0 Å². The molecule has 0 N–H and O–H groups in total. The summed E-state index contributed by atoms with van der Waals surface area (Å²) in [5.41, 5.74) is 1.86. The maximum Gasteiger partial charge on any atom is 0.310 e. The van der Waals surface area contributed by atoms with Gasteiger partial charge in [-0.3, -0.25) is 9.78 Å². The van der Waals surface area contributed by atoms with Gasteiger partial charge in [-0.05, 0) is 45.9 Å². The summed E-state index contributed by atoms with van der Waals surface area (Å²) in [6.07, 6.45) is 0.162. The van der Waals surface area contributed by atoms with Gasteiger partial charge in [-0.1, -0.05) is 29.8 Å². The molecule has 0 bridgehead atoms. The van der Waals surface area contributed by atoms with Crippen LogP contribution in [0.3, 0.4) is 0 Å². The van der Waals surface area contributed by atoms with Gasteiger partial charge >= 0.3 is 5.97 Å². The minimum Gasteiger partial charge on any atom is -0.487 e. The highest BCUT2D eigenvalue weighted by Crippen LogP contribution is 2.22. The van der Waals surface area contributed by atoms with Gasteiger partial charge in [-0.15, -0.1) is 0 Å². The number of aryl methyl sites for hydroxylation is 1. The summed E-state index contributed by atoms with van der Waals surface area (Å²) in [4.78, 5) is 16.4. The molecule has 0 unspecified atom stereocenters. The zero-order valence-electron chi connectivity index (χ0n) is 14.4. The Morgan fingerprint density at radius 1 is 1.21 bits per heavy atom. The number of esters is 1. The summed E-state index contributed by atoms with van der Waals surface area (Å²) in [7, 11) is 0. The van der Waals surface area contributed by atoms with E-state index in [2.05, 4.69) is 4.98 Å². The first kappa shape index (κ1) is 18.3. The van der Waals surface area contributed by atoms with Crippen LogP contribution in [0.4, 0.5) is 0 Å². The van der Waals surface area contributed by atoms with Crippen LogP contribution in [0, 0.1) is 6.92 Å². The van der Waals surface area contributed by atoms with Crippen LogP contribution in [0.2, 0.25) is 5.02 Å². The number of rotatable bonds is 5. The number of carbonyl (C=O) groups is 1. The smallest absolute Gasteiger partial charge is 0.310 e. The van der Waals surface area contributed by atoms with Crippen molar-refractivity contribution in [2.75, 3.05) is 0 Å². The Hall–Kier alpha value is -2.07. The summed E-state index contributed by atoms with van der Waals surface area (Å²) in [5.74, 6) is 0.359. The molecule has 2 aromatic rings. The molecule has 1 aromatic carbocycles. The maximum absolute atomic E-state index is 12.0. The first-order valence-electron chi connectivity index (χ1n) is 7.78. The molecule has 1 aromatic heterocycles. The fourth-order valence-corrected chi connectivity index (χ4v) is 2.52. The van der Waals surface area contributed by atoms with Gasteiger partial charge in [0.1, 0.15) is 18.0 Å². The van der Waals surface area contributed by atoms with Crippen molar-refractivity contribution in [2.24, 2.45) is 0 Å². The second kappa shape index (κ2) is 7.67. The number of benzene rings is 1. The summed E-state index contributed by atoms with van der Waals surface area (Å²) < 4.78 is 11.2. The Kier molecular flexibility index (Phi) is 5.84. The van der Waals surface area contributed by atoms with E-state index in [9.17, 15) is 4.79 Å². The van der Waals surface area contributed by atoms with Crippen LogP contribution in [0.1, 0.15) is 37.7 Å². The van der Waals surface area contributed by atoms with Gasteiger partial charge in [0.05, 0.1) is 12.1 Å². The molecule has 0 saturated heterocycles. The lowest BCUT2D eigenvalue weighted by Gasteiger charge is -2.20. The molecule has 0 saturated carbocycles. The predicted octanol–water partition coefficient (Wildman–Crippen LogP) is 4.51. The molecule has 0 amide bonds. The van der Waals surface area contributed by atoms with Crippen molar-refractivity contribution < 1.29 is 14.3 Å². The third-order valence-electron chi connectivity index (χ3n) is 3.07. The van der Waals surface area contributed by atoms with Crippen LogP contribution in [0.15, 0.2) is 36.4 Å². The van der Waals surface area contributed by atoms with Crippen molar-refractivity contribution in [2.45, 2.75) is 46.3 Å². The van der Waals surface area contributed by atoms with Crippen LogP contribution in [-0.4, -0.2) is 16.6 Å². The lowest BCUT2D eigenvalue weighted by molar-refractivity contribution is -0.153. The zero-order chi connectivity index (χ0) is 17.7. The second-order valence-corrected chi connectivity index (χ2v) is 7.01. The molecule has 2 rings (SSSR count). The molecule has 0 spiro atoms. The SMILES string of the molecule is Cc1cc(Cl)cc(COc2ccccc2CC(=O)OC(C)(C)C)n1. The van der Waals surface area contributed by atoms with Crippen LogP contribution < -0.4 is 4.74 Å². The van der Waals surface area contributed by atoms with E-state index in [1.165, 1.54) is 0 Å². The Bertz CT molecular complexity index is 703. The molecule has 1 heterocycles.